The van der Waals surface area contributed by atoms with Gasteiger partial charge in [0.1, 0.15) is 0 Å². The van der Waals surface area contributed by atoms with E-state index in [1.807, 2.05) is 49.2 Å². The molecule has 17 heavy (non-hydrogen) atoms. The van der Waals surface area contributed by atoms with E-state index in [0.717, 1.165) is 5.56 Å². The average molecular weight is 255 g/mol. The molecule has 0 aromatic heterocycles. The molecule has 1 aromatic carbocycles. The first-order valence-electron chi connectivity index (χ1n) is 5.47. The lowest BCUT2D eigenvalue weighted by molar-refractivity contribution is 0.0737. The van der Waals surface area contributed by atoms with Crippen LogP contribution in [0.3, 0.4) is 0 Å². The minimum Gasteiger partial charge on any atom is -0.387 e. The largest absolute Gasteiger partial charge is 0.387 e. The molecular formula is C13H19ClN2O. The monoisotopic (exact) mass is 254 g/mol. The molecule has 0 saturated carbocycles. The molecule has 3 nitrogen and oxygen atoms in total. The van der Waals surface area contributed by atoms with E-state index in [0.29, 0.717) is 13.0 Å². The zero-order valence-electron chi connectivity index (χ0n) is 10.2. The standard InChI is InChI=1S/C13H18N2O.ClH/c1-11(15(2)10-6-9-14)13(16)12-7-4-3-5-8-12;/h3-5,7-8,11,13,16H,6,10H2,1-2H3;1H. The van der Waals surface area contributed by atoms with Crippen LogP contribution in [0, 0.1) is 11.3 Å². The summed E-state index contributed by atoms with van der Waals surface area (Å²) in [6, 6.07) is 11.7. The maximum atomic E-state index is 10.1. The molecule has 2 unspecified atom stereocenters. The number of aliphatic hydroxyl groups excluding tert-OH is 1. The van der Waals surface area contributed by atoms with Crippen LogP contribution in [0.4, 0.5) is 0 Å². The Hall–Kier alpha value is -1.08. The van der Waals surface area contributed by atoms with Crippen molar-refractivity contribution in [3.63, 3.8) is 0 Å². The molecule has 0 bridgehead atoms. The minimum absolute atomic E-state index is 0. The van der Waals surface area contributed by atoms with Crippen molar-refractivity contribution in [3.8, 4) is 6.07 Å². The van der Waals surface area contributed by atoms with Crippen molar-refractivity contribution in [1.82, 2.24) is 4.90 Å². The van der Waals surface area contributed by atoms with Crippen LogP contribution in [0.15, 0.2) is 30.3 Å². The summed E-state index contributed by atoms with van der Waals surface area (Å²) in [6.07, 6.45) is -0.0209. The zero-order valence-corrected chi connectivity index (χ0v) is 11.0. The van der Waals surface area contributed by atoms with Crippen molar-refractivity contribution in [2.45, 2.75) is 25.5 Å². The molecule has 0 spiro atoms. The number of likely N-dealkylation sites (N-methyl/N-ethyl adjacent to an activating group) is 1. The second-order valence-corrected chi connectivity index (χ2v) is 3.98. The van der Waals surface area contributed by atoms with Crippen LogP contribution in [-0.2, 0) is 0 Å². The number of halogens is 1. The van der Waals surface area contributed by atoms with Crippen LogP contribution in [0.2, 0.25) is 0 Å². The van der Waals surface area contributed by atoms with Gasteiger partial charge in [0.25, 0.3) is 0 Å². The summed E-state index contributed by atoms with van der Waals surface area (Å²) >= 11 is 0. The number of hydrogen-bond acceptors (Lipinski definition) is 3. The topological polar surface area (TPSA) is 47.3 Å². The van der Waals surface area contributed by atoms with Gasteiger partial charge in [-0.1, -0.05) is 30.3 Å². The second kappa shape index (κ2) is 8.08. The quantitative estimate of drug-likeness (QED) is 0.878. The van der Waals surface area contributed by atoms with Gasteiger partial charge in [0.2, 0.25) is 0 Å². The van der Waals surface area contributed by atoms with Crippen molar-refractivity contribution in [3.05, 3.63) is 35.9 Å². The Morgan fingerprint density at radius 1 is 1.35 bits per heavy atom. The van der Waals surface area contributed by atoms with Gasteiger partial charge in [0, 0.05) is 19.0 Å². The Labute approximate surface area is 109 Å². The summed E-state index contributed by atoms with van der Waals surface area (Å²) in [5.41, 5.74) is 0.916. The zero-order chi connectivity index (χ0) is 12.0. The minimum atomic E-state index is -0.509. The lowest BCUT2D eigenvalue weighted by atomic mass is 10.0. The molecule has 1 rings (SSSR count). The molecule has 0 aliphatic rings. The molecule has 4 heteroatoms. The Bertz CT molecular complexity index is 350. The molecule has 2 atom stereocenters. The van der Waals surface area contributed by atoms with Crippen LogP contribution in [0.1, 0.15) is 25.0 Å². The number of rotatable bonds is 5. The van der Waals surface area contributed by atoms with E-state index < -0.39 is 6.10 Å². The van der Waals surface area contributed by atoms with Gasteiger partial charge in [-0.3, -0.25) is 4.90 Å². The summed E-state index contributed by atoms with van der Waals surface area (Å²) in [4.78, 5) is 2.00. The lowest BCUT2D eigenvalue weighted by Gasteiger charge is -2.28. The van der Waals surface area contributed by atoms with Crippen LogP contribution < -0.4 is 0 Å². The average Bonchev–Trinajstić information content (AvgIpc) is 2.35. The van der Waals surface area contributed by atoms with E-state index >= 15 is 0 Å². The molecule has 0 heterocycles. The van der Waals surface area contributed by atoms with Crippen molar-refractivity contribution in [2.24, 2.45) is 0 Å². The first kappa shape index (κ1) is 15.9. The van der Waals surface area contributed by atoms with Gasteiger partial charge >= 0.3 is 0 Å². The summed E-state index contributed by atoms with van der Waals surface area (Å²) in [5, 5.41) is 18.6. The van der Waals surface area contributed by atoms with Crippen molar-refractivity contribution in [2.75, 3.05) is 13.6 Å². The van der Waals surface area contributed by atoms with Crippen LogP contribution in [-0.4, -0.2) is 29.6 Å². The highest BCUT2D eigenvalue weighted by Crippen LogP contribution is 2.19. The molecule has 0 aliphatic carbocycles. The predicted octanol–water partition coefficient (Wildman–Crippen LogP) is 2.38. The van der Waals surface area contributed by atoms with Crippen LogP contribution >= 0.6 is 12.4 Å². The third-order valence-corrected chi connectivity index (χ3v) is 2.87. The Morgan fingerprint density at radius 3 is 2.47 bits per heavy atom. The number of aliphatic hydroxyl groups is 1. The van der Waals surface area contributed by atoms with Crippen molar-refractivity contribution >= 4 is 12.4 Å². The predicted molar refractivity (Wildman–Crippen MR) is 71.0 cm³/mol. The summed E-state index contributed by atoms with van der Waals surface area (Å²) in [7, 11) is 1.92. The summed E-state index contributed by atoms with van der Waals surface area (Å²) in [6.45, 7) is 2.65. The Kier molecular flexibility index (Phi) is 7.56. The van der Waals surface area contributed by atoms with Gasteiger partial charge in [0.15, 0.2) is 0 Å². The maximum Gasteiger partial charge on any atom is 0.0942 e. The van der Waals surface area contributed by atoms with Gasteiger partial charge in [-0.2, -0.15) is 5.26 Å². The maximum absolute atomic E-state index is 10.1. The molecular weight excluding hydrogens is 236 g/mol. The lowest BCUT2D eigenvalue weighted by Crippen LogP contribution is -2.34. The highest BCUT2D eigenvalue weighted by Gasteiger charge is 2.19. The number of hydrogen-bond donors (Lipinski definition) is 1. The van der Waals surface area contributed by atoms with Crippen molar-refractivity contribution in [1.29, 1.82) is 5.26 Å². The SMILES string of the molecule is CC(C(O)c1ccccc1)N(C)CCC#N.Cl. The van der Waals surface area contributed by atoms with E-state index in [1.165, 1.54) is 0 Å². The number of nitrogens with zero attached hydrogens (tertiary/aromatic N) is 2. The van der Waals surface area contributed by atoms with Gasteiger partial charge in [-0.05, 0) is 19.5 Å². The molecule has 0 saturated heterocycles. The second-order valence-electron chi connectivity index (χ2n) is 3.98. The Balaban J connectivity index is 0.00000256. The third kappa shape index (κ3) is 4.74. The Morgan fingerprint density at radius 2 is 1.94 bits per heavy atom. The molecule has 0 amide bonds. The molecule has 0 radical (unpaired) electrons. The van der Waals surface area contributed by atoms with Crippen LogP contribution in [0.25, 0.3) is 0 Å². The van der Waals surface area contributed by atoms with Crippen LogP contribution in [0.5, 0.6) is 0 Å². The third-order valence-electron chi connectivity index (χ3n) is 2.87. The van der Waals surface area contributed by atoms with Gasteiger partial charge < -0.3 is 5.11 Å². The molecule has 94 valence electrons. The normalized spacial score (nSPS) is 13.6. The fourth-order valence-electron chi connectivity index (χ4n) is 1.60. The highest BCUT2D eigenvalue weighted by atomic mass is 35.5. The summed E-state index contributed by atoms with van der Waals surface area (Å²) in [5.74, 6) is 0. The van der Waals surface area contributed by atoms with Gasteiger partial charge in [-0.15, -0.1) is 12.4 Å². The van der Waals surface area contributed by atoms with Gasteiger partial charge in [-0.25, -0.2) is 0 Å². The smallest absolute Gasteiger partial charge is 0.0942 e. The fraction of sp³-hybridized carbons (Fsp3) is 0.462. The first-order chi connectivity index (χ1) is 7.66. The highest BCUT2D eigenvalue weighted by molar-refractivity contribution is 5.85. The van der Waals surface area contributed by atoms with E-state index in [4.69, 9.17) is 5.26 Å². The number of nitriles is 1. The van der Waals surface area contributed by atoms with E-state index in [9.17, 15) is 5.11 Å². The molecule has 0 fully saturated rings. The van der Waals surface area contributed by atoms with Crippen molar-refractivity contribution < 1.29 is 5.11 Å². The molecule has 0 aliphatic heterocycles. The molecule has 1 N–H and O–H groups in total. The fourth-order valence-corrected chi connectivity index (χ4v) is 1.60. The van der Waals surface area contributed by atoms with Gasteiger partial charge in [0.05, 0.1) is 12.2 Å². The first-order valence-corrected chi connectivity index (χ1v) is 5.47. The number of benzene rings is 1. The summed E-state index contributed by atoms with van der Waals surface area (Å²) < 4.78 is 0. The van der Waals surface area contributed by atoms with E-state index in [-0.39, 0.29) is 18.4 Å². The molecule has 1 aromatic rings. The van der Waals surface area contributed by atoms with E-state index in [2.05, 4.69) is 6.07 Å². The van der Waals surface area contributed by atoms with E-state index in [1.54, 1.807) is 0 Å².